The number of rotatable bonds is 1. The summed E-state index contributed by atoms with van der Waals surface area (Å²) in [5.74, 6) is 0.449. The summed E-state index contributed by atoms with van der Waals surface area (Å²) in [4.78, 5) is 14.4. The first-order valence-electron chi connectivity index (χ1n) is 7.37. The highest BCUT2D eigenvalue weighted by Crippen LogP contribution is 2.50. The maximum Gasteiger partial charge on any atom is 0.327 e. The summed E-state index contributed by atoms with van der Waals surface area (Å²) in [7, 11) is 0. The van der Waals surface area contributed by atoms with Gasteiger partial charge in [0.1, 0.15) is 6.26 Å². The van der Waals surface area contributed by atoms with Crippen LogP contribution in [0.1, 0.15) is 31.2 Å². The molecule has 1 saturated carbocycles. The first-order chi connectivity index (χ1) is 10.3. The normalized spacial score (nSPS) is 19.0. The summed E-state index contributed by atoms with van der Waals surface area (Å²) in [6, 6.07) is 9.77. The summed E-state index contributed by atoms with van der Waals surface area (Å²) in [6.45, 7) is 0.760. The molecule has 5 nitrogen and oxygen atoms in total. The standard InChI is InChI=1S/C16H17N3O2/c20-15(17-14-7-10-21-18-14)19-11-16(8-3-4-9-16)12-5-1-2-6-13(12)19/h1-2,5-7,10H,3-4,8-9,11H2,(H,17,18,20). The molecule has 21 heavy (non-hydrogen) atoms. The fourth-order valence-corrected chi connectivity index (χ4v) is 3.74. The molecular formula is C16H17N3O2. The average Bonchev–Trinajstić information content (AvgIpc) is 3.22. The molecule has 5 heteroatoms. The van der Waals surface area contributed by atoms with E-state index in [4.69, 9.17) is 4.52 Å². The number of hydrogen-bond donors (Lipinski definition) is 1. The van der Waals surface area contributed by atoms with Crippen LogP contribution in [-0.4, -0.2) is 17.7 Å². The summed E-state index contributed by atoms with van der Waals surface area (Å²) in [5, 5.41) is 6.53. The SMILES string of the molecule is O=C(Nc1ccon1)N1CC2(CCCC2)c2ccccc21. The van der Waals surface area contributed by atoms with E-state index in [-0.39, 0.29) is 11.4 Å². The lowest BCUT2D eigenvalue weighted by atomic mass is 9.81. The Labute approximate surface area is 122 Å². The quantitative estimate of drug-likeness (QED) is 0.870. The third-order valence-corrected chi connectivity index (χ3v) is 4.71. The molecule has 1 aliphatic heterocycles. The van der Waals surface area contributed by atoms with Gasteiger partial charge in [-0.2, -0.15) is 0 Å². The van der Waals surface area contributed by atoms with Crippen LogP contribution in [0.5, 0.6) is 0 Å². The maximum absolute atomic E-state index is 12.5. The molecule has 0 saturated heterocycles. The van der Waals surface area contributed by atoms with E-state index in [1.807, 2.05) is 17.0 Å². The summed E-state index contributed by atoms with van der Waals surface area (Å²) < 4.78 is 4.76. The zero-order chi connectivity index (χ0) is 14.3. The topological polar surface area (TPSA) is 58.4 Å². The van der Waals surface area contributed by atoms with E-state index in [9.17, 15) is 4.79 Å². The zero-order valence-electron chi connectivity index (χ0n) is 11.7. The van der Waals surface area contributed by atoms with Gasteiger partial charge in [-0.05, 0) is 24.5 Å². The van der Waals surface area contributed by atoms with Crippen molar-refractivity contribution in [2.75, 3.05) is 16.8 Å². The molecule has 2 aromatic rings. The van der Waals surface area contributed by atoms with Crippen LogP contribution in [0, 0.1) is 0 Å². The number of carbonyl (C=O) groups is 1. The fourth-order valence-electron chi connectivity index (χ4n) is 3.74. The molecular weight excluding hydrogens is 266 g/mol. The van der Waals surface area contributed by atoms with Gasteiger partial charge in [0, 0.05) is 23.7 Å². The van der Waals surface area contributed by atoms with Gasteiger partial charge in [-0.25, -0.2) is 4.79 Å². The van der Waals surface area contributed by atoms with Gasteiger partial charge in [0.15, 0.2) is 5.82 Å². The van der Waals surface area contributed by atoms with Crippen LogP contribution in [0.3, 0.4) is 0 Å². The van der Waals surface area contributed by atoms with Crippen molar-refractivity contribution in [2.24, 2.45) is 0 Å². The van der Waals surface area contributed by atoms with Gasteiger partial charge in [-0.1, -0.05) is 36.2 Å². The summed E-state index contributed by atoms with van der Waals surface area (Å²) in [5.41, 5.74) is 2.50. The van der Waals surface area contributed by atoms with Gasteiger partial charge in [0.05, 0.1) is 0 Å². The van der Waals surface area contributed by atoms with Crippen LogP contribution >= 0.6 is 0 Å². The first-order valence-corrected chi connectivity index (χ1v) is 7.37. The third kappa shape index (κ3) is 1.92. The number of carbonyl (C=O) groups excluding carboxylic acids is 1. The molecule has 4 rings (SSSR count). The monoisotopic (exact) mass is 283 g/mol. The Hall–Kier alpha value is -2.30. The van der Waals surface area contributed by atoms with Crippen molar-refractivity contribution in [3.8, 4) is 0 Å². The lowest BCUT2D eigenvalue weighted by Gasteiger charge is -2.24. The highest BCUT2D eigenvalue weighted by molar-refractivity contribution is 6.03. The van der Waals surface area contributed by atoms with Gasteiger partial charge in [-0.3, -0.25) is 10.2 Å². The molecule has 1 N–H and O–H groups in total. The van der Waals surface area contributed by atoms with Gasteiger partial charge in [0.25, 0.3) is 0 Å². The van der Waals surface area contributed by atoms with Gasteiger partial charge < -0.3 is 4.52 Å². The van der Waals surface area contributed by atoms with Crippen LogP contribution in [0.4, 0.5) is 16.3 Å². The van der Waals surface area contributed by atoms with E-state index in [0.29, 0.717) is 5.82 Å². The number of aromatic nitrogens is 1. The molecule has 0 radical (unpaired) electrons. The predicted octanol–water partition coefficient (Wildman–Crippen LogP) is 3.54. The lowest BCUT2D eigenvalue weighted by Crippen LogP contribution is -2.38. The number of hydrogen-bond acceptors (Lipinski definition) is 3. The van der Waals surface area contributed by atoms with E-state index in [1.54, 1.807) is 6.07 Å². The number of para-hydroxylation sites is 1. The number of nitrogens with zero attached hydrogens (tertiary/aromatic N) is 2. The van der Waals surface area contributed by atoms with Crippen molar-refractivity contribution >= 4 is 17.5 Å². The molecule has 0 atom stereocenters. The number of nitrogens with one attached hydrogen (secondary N) is 1. The van der Waals surface area contributed by atoms with E-state index in [1.165, 1.54) is 24.7 Å². The molecule has 1 aromatic carbocycles. The summed E-state index contributed by atoms with van der Waals surface area (Å²) in [6.07, 6.45) is 6.27. The minimum atomic E-state index is -0.139. The molecule has 1 aromatic heterocycles. The van der Waals surface area contributed by atoms with Crippen LogP contribution < -0.4 is 10.2 Å². The van der Waals surface area contributed by atoms with Crippen LogP contribution in [-0.2, 0) is 5.41 Å². The van der Waals surface area contributed by atoms with Gasteiger partial charge >= 0.3 is 6.03 Å². The molecule has 108 valence electrons. The number of urea groups is 1. The van der Waals surface area contributed by atoms with Crippen molar-refractivity contribution in [1.82, 2.24) is 5.16 Å². The Morgan fingerprint density at radius 1 is 1.24 bits per heavy atom. The van der Waals surface area contributed by atoms with E-state index in [0.717, 1.165) is 25.1 Å². The van der Waals surface area contributed by atoms with Gasteiger partial charge in [-0.15, -0.1) is 0 Å². The fraction of sp³-hybridized carbons (Fsp3) is 0.375. The predicted molar refractivity (Wildman–Crippen MR) is 79.5 cm³/mol. The smallest absolute Gasteiger partial charge is 0.327 e. The highest BCUT2D eigenvalue weighted by Gasteiger charge is 2.46. The van der Waals surface area contributed by atoms with E-state index < -0.39 is 0 Å². The largest absolute Gasteiger partial charge is 0.363 e. The average molecular weight is 283 g/mol. The molecule has 1 aliphatic carbocycles. The van der Waals surface area contributed by atoms with Crippen LogP contribution in [0.2, 0.25) is 0 Å². The number of amides is 2. The van der Waals surface area contributed by atoms with Gasteiger partial charge in [0.2, 0.25) is 0 Å². The number of fused-ring (bicyclic) bond motifs is 2. The summed E-state index contributed by atoms with van der Waals surface area (Å²) >= 11 is 0. The Bertz CT molecular complexity index is 660. The molecule has 1 fully saturated rings. The third-order valence-electron chi connectivity index (χ3n) is 4.71. The molecule has 0 bridgehead atoms. The van der Waals surface area contributed by atoms with Crippen molar-refractivity contribution in [3.63, 3.8) is 0 Å². The van der Waals surface area contributed by atoms with E-state index >= 15 is 0 Å². The molecule has 0 unspecified atom stereocenters. The van der Waals surface area contributed by atoms with Crippen LogP contribution in [0.15, 0.2) is 41.1 Å². The molecule has 2 heterocycles. The van der Waals surface area contributed by atoms with E-state index in [2.05, 4.69) is 22.6 Å². The second-order valence-electron chi connectivity index (χ2n) is 5.91. The Morgan fingerprint density at radius 2 is 2.05 bits per heavy atom. The van der Waals surface area contributed by atoms with Crippen LogP contribution in [0.25, 0.3) is 0 Å². The minimum Gasteiger partial charge on any atom is -0.363 e. The maximum atomic E-state index is 12.5. The zero-order valence-corrected chi connectivity index (χ0v) is 11.7. The minimum absolute atomic E-state index is 0.139. The van der Waals surface area contributed by atoms with Crippen molar-refractivity contribution < 1.29 is 9.32 Å². The Morgan fingerprint density at radius 3 is 2.81 bits per heavy atom. The Kier molecular flexibility index (Phi) is 2.74. The Balaban J connectivity index is 1.66. The molecule has 2 aliphatic rings. The molecule has 1 spiro atoms. The number of anilines is 2. The highest BCUT2D eigenvalue weighted by atomic mass is 16.5. The second kappa shape index (κ2) is 4.62. The van der Waals surface area contributed by atoms with Crippen molar-refractivity contribution in [1.29, 1.82) is 0 Å². The van der Waals surface area contributed by atoms with Crippen molar-refractivity contribution in [3.05, 3.63) is 42.2 Å². The second-order valence-corrected chi connectivity index (χ2v) is 5.91. The number of benzene rings is 1. The van der Waals surface area contributed by atoms with Crippen molar-refractivity contribution in [2.45, 2.75) is 31.1 Å². The lowest BCUT2D eigenvalue weighted by molar-refractivity contribution is 0.255. The first kappa shape index (κ1) is 12.4. The molecule has 2 amide bonds.